The Bertz CT molecular complexity index is 790. The van der Waals surface area contributed by atoms with Gasteiger partial charge in [0.2, 0.25) is 12.3 Å². The second kappa shape index (κ2) is 9.15. The molecule has 1 aromatic rings. The van der Waals surface area contributed by atoms with E-state index >= 15 is 0 Å². The second-order valence-electron chi connectivity index (χ2n) is 9.71. The van der Waals surface area contributed by atoms with Crippen LogP contribution in [0.25, 0.3) is 0 Å². The van der Waals surface area contributed by atoms with Gasteiger partial charge in [-0.1, -0.05) is 0 Å². The number of fused-ring (bicyclic) bond motifs is 1. The molecule has 0 aromatic carbocycles. The minimum absolute atomic E-state index is 0.0902. The van der Waals surface area contributed by atoms with E-state index in [0.717, 1.165) is 90.0 Å². The number of carbonyl (C=O) groups excluding carboxylic acids is 2. The molecule has 4 heterocycles. The lowest BCUT2D eigenvalue weighted by molar-refractivity contribution is -0.117. The van der Waals surface area contributed by atoms with E-state index in [1.807, 2.05) is 21.9 Å². The summed E-state index contributed by atoms with van der Waals surface area (Å²) in [4.78, 5) is 33.1. The molecule has 1 aromatic heterocycles. The van der Waals surface area contributed by atoms with Crippen molar-refractivity contribution in [2.75, 3.05) is 46.0 Å². The van der Waals surface area contributed by atoms with E-state index in [1.54, 1.807) is 0 Å². The zero-order chi connectivity index (χ0) is 21.2. The molecule has 4 fully saturated rings. The highest BCUT2D eigenvalue weighted by molar-refractivity contribution is 5.94. The van der Waals surface area contributed by atoms with Crippen molar-refractivity contribution >= 4 is 12.3 Å². The number of hydrogen-bond donors (Lipinski definition) is 0. The van der Waals surface area contributed by atoms with Gasteiger partial charge in [-0.15, -0.1) is 0 Å². The number of pyridine rings is 1. The number of ether oxygens (including phenoxy) is 2. The number of carbonyl (C=O) groups is 2. The van der Waals surface area contributed by atoms with Gasteiger partial charge in [-0.05, 0) is 62.3 Å². The Morgan fingerprint density at radius 1 is 1.06 bits per heavy atom. The molecule has 7 nitrogen and oxygen atoms in total. The van der Waals surface area contributed by atoms with Crippen molar-refractivity contribution in [3.8, 4) is 5.88 Å². The molecule has 168 valence electrons. The Morgan fingerprint density at radius 3 is 2.42 bits per heavy atom. The summed E-state index contributed by atoms with van der Waals surface area (Å²) in [5.74, 6) is 2.67. The molecule has 2 amide bonds. The summed E-state index contributed by atoms with van der Waals surface area (Å²) in [7, 11) is 0. The molecule has 0 bridgehead atoms. The Morgan fingerprint density at radius 2 is 1.77 bits per heavy atom. The topological polar surface area (TPSA) is 72.0 Å². The van der Waals surface area contributed by atoms with Gasteiger partial charge in [0.1, 0.15) is 0 Å². The molecule has 2 unspecified atom stereocenters. The maximum absolute atomic E-state index is 13.4. The minimum Gasteiger partial charge on any atom is -0.477 e. The number of likely N-dealkylation sites (tertiary alicyclic amines) is 2. The van der Waals surface area contributed by atoms with Gasteiger partial charge in [0, 0.05) is 62.6 Å². The van der Waals surface area contributed by atoms with Crippen molar-refractivity contribution in [3.63, 3.8) is 0 Å². The zero-order valence-corrected chi connectivity index (χ0v) is 18.2. The predicted octanol–water partition coefficient (Wildman–Crippen LogP) is 2.70. The molecule has 1 saturated carbocycles. The van der Waals surface area contributed by atoms with E-state index in [9.17, 15) is 9.59 Å². The van der Waals surface area contributed by atoms with E-state index in [4.69, 9.17) is 14.5 Å². The van der Waals surface area contributed by atoms with E-state index in [1.165, 1.54) is 0 Å². The Labute approximate surface area is 184 Å². The van der Waals surface area contributed by atoms with Gasteiger partial charge in [-0.2, -0.15) is 0 Å². The van der Waals surface area contributed by atoms with Crippen LogP contribution in [0.3, 0.4) is 0 Å². The second-order valence-corrected chi connectivity index (χ2v) is 9.71. The van der Waals surface area contributed by atoms with Crippen molar-refractivity contribution in [2.45, 2.75) is 44.4 Å². The first-order chi connectivity index (χ1) is 15.2. The highest BCUT2D eigenvalue weighted by Crippen LogP contribution is 2.40. The molecule has 3 aliphatic heterocycles. The minimum atomic E-state index is 0.0902. The predicted molar refractivity (Wildman–Crippen MR) is 115 cm³/mol. The lowest BCUT2D eigenvalue weighted by atomic mass is 9.92. The highest BCUT2D eigenvalue weighted by Gasteiger charge is 2.35. The summed E-state index contributed by atoms with van der Waals surface area (Å²) in [5, 5.41) is 0. The summed E-state index contributed by atoms with van der Waals surface area (Å²) in [6, 6.07) is 3.83. The van der Waals surface area contributed by atoms with Crippen LogP contribution in [0.4, 0.5) is 0 Å². The van der Waals surface area contributed by atoms with Gasteiger partial charge in [-0.3, -0.25) is 9.59 Å². The first-order valence-corrected chi connectivity index (χ1v) is 11.9. The molecule has 5 rings (SSSR count). The van der Waals surface area contributed by atoms with Crippen LogP contribution in [0, 0.1) is 17.8 Å². The third-order valence-electron chi connectivity index (χ3n) is 7.45. The molecule has 7 heteroatoms. The van der Waals surface area contributed by atoms with E-state index in [0.29, 0.717) is 41.7 Å². The Kier molecular flexibility index (Phi) is 6.12. The third-order valence-corrected chi connectivity index (χ3v) is 7.45. The van der Waals surface area contributed by atoms with Crippen LogP contribution in [0.2, 0.25) is 0 Å². The van der Waals surface area contributed by atoms with Gasteiger partial charge in [0.15, 0.2) is 0 Å². The van der Waals surface area contributed by atoms with Crippen LogP contribution in [0.15, 0.2) is 12.1 Å². The Hall–Kier alpha value is -2.15. The SMILES string of the molecule is O=CN1CC2CCN(C(=O)c3cc(OCC4CCOCC4)nc(C4CC4)c3)CCC2C1. The molecule has 0 spiro atoms. The first kappa shape index (κ1) is 20.7. The van der Waals surface area contributed by atoms with E-state index in [2.05, 4.69) is 0 Å². The lowest BCUT2D eigenvalue weighted by Crippen LogP contribution is -2.33. The van der Waals surface area contributed by atoms with Gasteiger partial charge in [0.05, 0.1) is 6.61 Å². The van der Waals surface area contributed by atoms with Gasteiger partial charge >= 0.3 is 0 Å². The molecule has 2 atom stereocenters. The van der Waals surface area contributed by atoms with Crippen LogP contribution in [0.5, 0.6) is 5.88 Å². The highest BCUT2D eigenvalue weighted by atomic mass is 16.5. The average Bonchev–Trinajstić information content (AvgIpc) is 3.62. The first-order valence-electron chi connectivity index (χ1n) is 11.9. The monoisotopic (exact) mass is 427 g/mol. The van der Waals surface area contributed by atoms with Crippen molar-refractivity contribution in [1.29, 1.82) is 0 Å². The van der Waals surface area contributed by atoms with Crippen molar-refractivity contribution in [3.05, 3.63) is 23.4 Å². The van der Waals surface area contributed by atoms with Gasteiger partial charge in [0.25, 0.3) is 5.91 Å². The fourth-order valence-electron chi connectivity index (χ4n) is 5.28. The number of nitrogens with zero attached hydrogens (tertiary/aromatic N) is 3. The van der Waals surface area contributed by atoms with Gasteiger partial charge in [-0.25, -0.2) is 4.98 Å². The summed E-state index contributed by atoms with van der Waals surface area (Å²) >= 11 is 0. The van der Waals surface area contributed by atoms with Gasteiger partial charge < -0.3 is 19.3 Å². The van der Waals surface area contributed by atoms with Crippen molar-refractivity contribution < 1.29 is 19.1 Å². The maximum atomic E-state index is 13.4. The molecular formula is C24H33N3O4. The van der Waals surface area contributed by atoms with Crippen molar-refractivity contribution in [2.24, 2.45) is 17.8 Å². The molecule has 0 N–H and O–H groups in total. The molecule has 31 heavy (non-hydrogen) atoms. The number of amides is 2. The Balaban J connectivity index is 1.26. The van der Waals surface area contributed by atoms with Crippen LogP contribution in [-0.2, 0) is 9.53 Å². The largest absolute Gasteiger partial charge is 0.477 e. The molecule has 3 saturated heterocycles. The van der Waals surface area contributed by atoms with E-state index in [-0.39, 0.29) is 5.91 Å². The molecular weight excluding hydrogens is 394 g/mol. The summed E-state index contributed by atoms with van der Waals surface area (Å²) in [5.41, 5.74) is 1.71. The zero-order valence-electron chi connectivity index (χ0n) is 18.2. The number of rotatable bonds is 6. The van der Waals surface area contributed by atoms with Crippen LogP contribution in [-0.4, -0.2) is 73.1 Å². The number of hydrogen-bond acceptors (Lipinski definition) is 5. The normalized spacial score (nSPS) is 27.0. The van der Waals surface area contributed by atoms with Crippen molar-refractivity contribution in [1.82, 2.24) is 14.8 Å². The average molecular weight is 428 g/mol. The maximum Gasteiger partial charge on any atom is 0.254 e. The third kappa shape index (κ3) is 4.86. The summed E-state index contributed by atoms with van der Waals surface area (Å²) in [6.07, 6.45) is 7.23. The molecule has 0 radical (unpaired) electrons. The fourth-order valence-corrected chi connectivity index (χ4v) is 5.28. The quantitative estimate of drug-likeness (QED) is 0.653. The summed E-state index contributed by atoms with van der Waals surface area (Å²) < 4.78 is 11.5. The smallest absolute Gasteiger partial charge is 0.254 e. The van der Waals surface area contributed by atoms with Crippen LogP contribution in [0.1, 0.15) is 60.5 Å². The lowest BCUT2D eigenvalue weighted by Gasteiger charge is -2.23. The molecule has 4 aliphatic rings. The fraction of sp³-hybridized carbons (Fsp3) is 0.708. The standard InChI is InChI=1S/C24H33N3O4/c28-16-26-13-19-3-7-27(8-4-20(19)14-26)24(29)21-11-22(18-1-2-18)25-23(12-21)31-15-17-5-9-30-10-6-17/h11-12,16-20H,1-10,13-15H2. The molecule has 1 aliphatic carbocycles. The van der Waals surface area contributed by atoms with Crippen LogP contribution >= 0.6 is 0 Å². The van der Waals surface area contributed by atoms with Crippen LogP contribution < -0.4 is 4.74 Å². The summed E-state index contributed by atoms with van der Waals surface area (Å²) in [6.45, 7) is 5.42. The van der Waals surface area contributed by atoms with E-state index < -0.39 is 0 Å². The number of aromatic nitrogens is 1.